The molecule has 0 amide bonds. The largest absolute Gasteiger partial charge is 0.318 e. The van der Waals surface area contributed by atoms with Crippen LogP contribution in [0.15, 0.2) is 48.5 Å². The second-order valence-corrected chi connectivity index (χ2v) is 6.16. The van der Waals surface area contributed by atoms with Crippen molar-refractivity contribution in [1.29, 1.82) is 0 Å². The Hall–Kier alpha value is -1.72. The molecule has 1 unspecified atom stereocenters. The summed E-state index contributed by atoms with van der Waals surface area (Å²) in [6.45, 7) is 7.20. The Morgan fingerprint density at radius 2 is 1.88 bits per heavy atom. The first kappa shape index (κ1) is 18.6. The van der Waals surface area contributed by atoms with Crippen molar-refractivity contribution in [2.24, 2.45) is 11.6 Å². The van der Waals surface area contributed by atoms with Gasteiger partial charge in [-0.1, -0.05) is 61.0 Å². The molecule has 4 N–H and O–H groups in total. The van der Waals surface area contributed by atoms with E-state index >= 15 is 0 Å². The number of nitrogens with zero attached hydrogens (tertiary/aromatic N) is 1. The zero-order valence-electron chi connectivity index (χ0n) is 14.7. The third-order valence-electron chi connectivity index (χ3n) is 4.56. The number of hydrogen-bond donors (Lipinski definition) is 2. The Kier molecular flexibility index (Phi) is 7.40. The molecule has 0 spiro atoms. The van der Waals surface area contributed by atoms with E-state index in [9.17, 15) is 0 Å². The van der Waals surface area contributed by atoms with E-state index in [-0.39, 0.29) is 0 Å². The first-order valence-electron chi connectivity index (χ1n) is 8.58. The summed E-state index contributed by atoms with van der Waals surface area (Å²) in [5, 5.41) is 0. The molecular weight excluding hydrogens is 298 g/mol. The molecule has 0 saturated heterocycles. The van der Waals surface area contributed by atoms with Gasteiger partial charge in [0.1, 0.15) is 0 Å². The highest BCUT2D eigenvalue weighted by Gasteiger charge is 2.18. The van der Waals surface area contributed by atoms with Crippen LogP contribution in [0.5, 0.6) is 0 Å². The molecule has 24 heavy (non-hydrogen) atoms. The number of aryl methyl sites for hydroxylation is 1. The second kappa shape index (κ2) is 9.55. The van der Waals surface area contributed by atoms with Crippen LogP contribution in [0.2, 0.25) is 0 Å². The molecule has 0 heterocycles. The monoisotopic (exact) mass is 327 g/mol. The van der Waals surface area contributed by atoms with E-state index in [1.54, 1.807) is 0 Å². The summed E-state index contributed by atoms with van der Waals surface area (Å²) in [6, 6.07) is 17.1. The first-order chi connectivity index (χ1) is 11.7. The van der Waals surface area contributed by atoms with Crippen molar-refractivity contribution >= 4 is 0 Å². The Labute approximate surface area is 145 Å². The van der Waals surface area contributed by atoms with Gasteiger partial charge in [0.05, 0.1) is 6.61 Å². The highest BCUT2D eigenvalue weighted by atomic mass is 16.6. The molecule has 4 heteroatoms. The highest BCUT2D eigenvalue weighted by molar-refractivity contribution is 5.40. The van der Waals surface area contributed by atoms with E-state index in [2.05, 4.69) is 67.3 Å². The van der Waals surface area contributed by atoms with E-state index < -0.39 is 0 Å². The Balaban J connectivity index is 2.37. The summed E-state index contributed by atoms with van der Waals surface area (Å²) in [5.41, 5.74) is 10.8. The molecule has 2 aromatic carbocycles. The molecule has 0 aliphatic carbocycles. The minimum atomic E-state index is 0.303. The van der Waals surface area contributed by atoms with Crippen LogP contribution in [0.3, 0.4) is 0 Å². The summed E-state index contributed by atoms with van der Waals surface area (Å²) in [5.74, 6) is 5.65. The molecule has 2 rings (SSSR count). The van der Waals surface area contributed by atoms with Gasteiger partial charge in [-0.15, -0.1) is 0 Å². The maximum atomic E-state index is 5.84. The van der Waals surface area contributed by atoms with Crippen LogP contribution >= 0.6 is 0 Å². The Morgan fingerprint density at radius 1 is 1.12 bits per heavy atom. The van der Waals surface area contributed by atoms with Gasteiger partial charge in [0.2, 0.25) is 0 Å². The fourth-order valence-corrected chi connectivity index (χ4v) is 3.14. The smallest absolute Gasteiger partial charge is 0.0932 e. The van der Waals surface area contributed by atoms with E-state index in [1.165, 1.54) is 16.7 Å². The van der Waals surface area contributed by atoms with Crippen molar-refractivity contribution < 1.29 is 4.84 Å². The van der Waals surface area contributed by atoms with Crippen LogP contribution in [0.25, 0.3) is 0 Å². The molecule has 1 atom stereocenters. The topological polar surface area (TPSA) is 64.5 Å². The fourth-order valence-electron chi connectivity index (χ4n) is 3.14. The molecule has 130 valence electrons. The van der Waals surface area contributed by atoms with Gasteiger partial charge in [-0.05, 0) is 36.6 Å². The number of rotatable bonds is 9. The Morgan fingerprint density at radius 3 is 2.50 bits per heavy atom. The van der Waals surface area contributed by atoms with E-state index in [1.807, 2.05) is 0 Å². The van der Waals surface area contributed by atoms with Crippen molar-refractivity contribution in [3.63, 3.8) is 0 Å². The van der Waals surface area contributed by atoms with Crippen LogP contribution in [0.1, 0.15) is 41.5 Å². The van der Waals surface area contributed by atoms with E-state index in [0.29, 0.717) is 19.2 Å². The normalized spacial score (nSPS) is 12.5. The zero-order chi connectivity index (χ0) is 17.4. The van der Waals surface area contributed by atoms with Gasteiger partial charge in [-0.2, -0.15) is 0 Å². The SMILES string of the molecule is CCN(CN)CCC(c1ccccc1)c1cc(C)ccc1CON. The molecule has 0 aliphatic rings. The Bertz CT molecular complexity index is 612. The summed E-state index contributed by atoms with van der Waals surface area (Å²) >= 11 is 0. The molecule has 4 nitrogen and oxygen atoms in total. The van der Waals surface area contributed by atoms with Crippen molar-refractivity contribution in [2.45, 2.75) is 32.8 Å². The van der Waals surface area contributed by atoms with Crippen LogP contribution in [0.4, 0.5) is 0 Å². The highest BCUT2D eigenvalue weighted by Crippen LogP contribution is 2.31. The quantitative estimate of drug-likeness (QED) is 0.548. The molecule has 0 aliphatic heterocycles. The van der Waals surface area contributed by atoms with E-state index in [0.717, 1.165) is 25.1 Å². The average Bonchev–Trinajstić information content (AvgIpc) is 2.62. The molecular formula is C20H29N3O. The van der Waals surface area contributed by atoms with Crippen molar-refractivity contribution in [3.05, 3.63) is 70.8 Å². The third-order valence-corrected chi connectivity index (χ3v) is 4.56. The lowest BCUT2D eigenvalue weighted by molar-refractivity contribution is 0.123. The van der Waals surface area contributed by atoms with Crippen molar-refractivity contribution in [3.8, 4) is 0 Å². The molecule has 0 radical (unpaired) electrons. The molecule has 0 aromatic heterocycles. The van der Waals surface area contributed by atoms with Gasteiger partial charge >= 0.3 is 0 Å². The standard InChI is InChI=1S/C20H29N3O/c1-3-23(15-21)12-11-19(17-7-5-4-6-8-17)20-13-16(2)9-10-18(20)14-24-22/h4-10,13,19H,3,11-12,14-15,21-22H2,1-2H3. The second-order valence-electron chi connectivity index (χ2n) is 6.16. The molecule has 2 aromatic rings. The number of benzene rings is 2. The fraction of sp³-hybridized carbons (Fsp3) is 0.400. The lowest BCUT2D eigenvalue weighted by Crippen LogP contribution is -2.31. The van der Waals surface area contributed by atoms with Gasteiger partial charge in [0.15, 0.2) is 0 Å². The third kappa shape index (κ3) is 4.89. The molecule has 0 bridgehead atoms. The first-order valence-corrected chi connectivity index (χ1v) is 8.58. The summed E-state index contributed by atoms with van der Waals surface area (Å²) in [6.07, 6.45) is 1.01. The van der Waals surface area contributed by atoms with Crippen LogP contribution in [0, 0.1) is 6.92 Å². The van der Waals surface area contributed by atoms with Crippen LogP contribution in [-0.4, -0.2) is 24.7 Å². The molecule has 0 fully saturated rings. The predicted molar refractivity (Wildman–Crippen MR) is 99.4 cm³/mol. The minimum absolute atomic E-state index is 0.303. The zero-order valence-corrected chi connectivity index (χ0v) is 14.7. The maximum absolute atomic E-state index is 5.84. The number of nitrogens with two attached hydrogens (primary N) is 2. The van der Waals surface area contributed by atoms with Gasteiger partial charge in [0, 0.05) is 19.1 Å². The van der Waals surface area contributed by atoms with Crippen LogP contribution in [-0.2, 0) is 11.4 Å². The lowest BCUT2D eigenvalue weighted by atomic mass is 9.85. The van der Waals surface area contributed by atoms with Gasteiger partial charge in [-0.25, -0.2) is 5.90 Å². The summed E-state index contributed by atoms with van der Waals surface area (Å²) < 4.78 is 0. The summed E-state index contributed by atoms with van der Waals surface area (Å²) in [4.78, 5) is 7.19. The van der Waals surface area contributed by atoms with Crippen molar-refractivity contribution in [2.75, 3.05) is 19.8 Å². The van der Waals surface area contributed by atoms with E-state index in [4.69, 9.17) is 16.5 Å². The predicted octanol–water partition coefficient (Wildman–Crippen LogP) is 3.15. The van der Waals surface area contributed by atoms with Crippen molar-refractivity contribution in [1.82, 2.24) is 4.90 Å². The number of hydrogen-bond acceptors (Lipinski definition) is 4. The van der Waals surface area contributed by atoms with Gasteiger partial charge in [0.25, 0.3) is 0 Å². The average molecular weight is 327 g/mol. The maximum Gasteiger partial charge on any atom is 0.0932 e. The van der Waals surface area contributed by atoms with Gasteiger partial charge in [-0.3, -0.25) is 9.74 Å². The van der Waals surface area contributed by atoms with Crippen LogP contribution < -0.4 is 11.6 Å². The lowest BCUT2D eigenvalue weighted by Gasteiger charge is -2.25. The van der Waals surface area contributed by atoms with Gasteiger partial charge < -0.3 is 5.73 Å². The minimum Gasteiger partial charge on any atom is -0.318 e. The summed E-state index contributed by atoms with van der Waals surface area (Å²) in [7, 11) is 0. The molecule has 0 saturated carbocycles.